The van der Waals surface area contributed by atoms with Crippen molar-refractivity contribution in [3.63, 3.8) is 0 Å². The molecule has 19 heavy (non-hydrogen) atoms. The molecule has 9 heteroatoms. The number of nitrogens with two attached hydrogens (primary N) is 1. The summed E-state index contributed by atoms with van der Waals surface area (Å²) >= 11 is 0. The van der Waals surface area contributed by atoms with Gasteiger partial charge in [0, 0.05) is 6.04 Å². The Morgan fingerprint density at radius 1 is 1.32 bits per heavy atom. The molecule has 0 aliphatic heterocycles. The molecule has 1 unspecified atom stereocenters. The molecule has 2 heterocycles. The van der Waals surface area contributed by atoms with Crippen LogP contribution in [-0.2, 0) is 0 Å². The van der Waals surface area contributed by atoms with Crippen LogP contribution in [0.3, 0.4) is 0 Å². The van der Waals surface area contributed by atoms with Crippen LogP contribution in [-0.4, -0.2) is 35.8 Å². The Labute approximate surface area is 109 Å². The highest BCUT2D eigenvalue weighted by Crippen LogP contribution is 2.33. The second kappa shape index (κ2) is 4.76. The van der Waals surface area contributed by atoms with Crippen LogP contribution in [0.2, 0.25) is 0 Å². The van der Waals surface area contributed by atoms with Crippen molar-refractivity contribution in [2.45, 2.75) is 25.8 Å². The van der Waals surface area contributed by atoms with Crippen LogP contribution in [0.25, 0.3) is 5.95 Å². The predicted octanol–water partition coefficient (Wildman–Crippen LogP) is -0.0517. The molecule has 0 saturated heterocycles. The minimum absolute atomic E-state index is 0.283. The van der Waals surface area contributed by atoms with Crippen molar-refractivity contribution >= 4 is 11.9 Å². The van der Waals surface area contributed by atoms with Crippen molar-refractivity contribution in [3.8, 4) is 5.95 Å². The van der Waals surface area contributed by atoms with Gasteiger partial charge < -0.3 is 5.32 Å². The summed E-state index contributed by atoms with van der Waals surface area (Å²) < 4.78 is 1.45. The molecule has 2 aromatic heterocycles. The number of aromatic nitrogens is 6. The molecule has 1 fully saturated rings. The van der Waals surface area contributed by atoms with E-state index < -0.39 is 0 Å². The molecular formula is C10H15N9. The molecule has 1 saturated carbocycles. The highest BCUT2D eigenvalue weighted by molar-refractivity contribution is 5.37. The fraction of sp³-hybridized carbons (Fsp3) is 0.500. The lowest BCUT2D eigenvalue weighted by molar-refractivity contribution is 0.682. The lowest BCUT2D eigenvalue weighted by Crippen LogP contribution is -2.22. The first kappa shape index (κ1) is 11.8. The first-order chi connectivity index (χ1) is 9.26. The molecule has 4 N–H and O–H groups in total. The Kier molecular flexibility index (Phi) is 2.95. The van der Waals surface area contributed by atoms with Crippen molar-refractivity contribution in [2.24, 2.45) is 11.8 Å². The molecule has 1 aliphatic rings. The smallest absolute Gasteiger partial charge is 0.258 e. The summed E-state index contributed by atoms with van der Waals surface area (Å²) in [5.41, 5.74) is 2.42. The van der Waals surface area contributed by atoms with Gasteiger partial charge in [0.25, 0.3) is 5.95 Å². The maximum Gasteiger partial charge on any atom is 0.258 e. The van der Waals surface area contributed by atoms with Crippen LogP contribution >= 0.6 is 0 Å². The Morgan fingerprint density at radius 2 is 2.11 bits per heavy atom. The fourth-order valence-electron chi connectivity index (χ4n) is 1.83. The number of nitrogen functional groups attached to an aromatic ring is 1. The van der Waals surface area contributed by atoms with Crippen LogP contribution in [0.4, 0.5) is 11.9 Å². The Morgan fingerprint density at radius 3 is 2.74 bits per heavy atom. The molecular weight excluding hydrogens is 246 g/mol. The van der Waals surface area contributed by atoms with E-state index in [-0.39, 0.29) is 5.95 Å². The van der Waals surface area contributed by atoms with E-state index in [1.54, 1.807) is 0 Å². The van der Waals surface area contributed by atoms with Gasteiger partial charge in [-0.3, -0.25) is 5.43 Å². The standard InChI is InChI=1S/C10H15N9/c1-6(7-2-3-7)14-8-15-9(18-11)17-10(16-8)19-5-12-4-13-19/h4-7H,2-3,11H2,1H3,(H2,14,15,16,17,18). The Balaban J connectivity index is 1.88. The van der Waals surface area contributed by atoms with E-state index in [0.717, 1.165) is 0 Å². The molecule has 0 spiro atoms. The summed E-state index contributed by atoms with van der Waals surface area (Å²) in [5.74, 6) is 7.19. The molecule has 1 atom stereocenters. The topological polar surface area (TPSA) is 119 Å². The van der Waals surface area contributed by atoms with E-state index in [4.69, 9.17) is 5.84 Å². The van der Waals surface area contributed by atoms with E-state index in [9.17, 15) is 0 Å². The molecule has 0 radical (unpaired) electrons. The quantitative estimate of drug-likeness (QED) is 0.506. The van der Waals surface area contributed by atoms with E-state index in [0.29, 0.717) is 23.9 Å². The summed E-state index contributed by atoms with van der Waals surface area (Å²) in [5, 5.41) is 7.25. The first-order valence-electron chi connectivity index (χ1n) is 6.10. The number of nitrogens with zero attached hydrogens (tertiary/aromatic N) is 6. The third-order valence-corrected chi connectivity index (χ3v) is 3.06. The van der Waals surface area contributed by atoms with Crippen LogP contribution in [0.1, 0.15) is 19.8 Å². The van der Waals surface area contributed by atoms with Gasteiger partial charge in [0.1, 0.15) is 12.7 Å². The second-order valence-corrected chi connectivity index (χ2v) is 4.54. The largest absolute Gasteiger partial charge is 0.351 e. The lowest BCUT2D eigenvalue weighted by Gasteiger charge is -2.13. The van der Waals surface area contributed by atoms with Crippen molar-refractivity contribution in [1.29, 1.82) is 0 Å². The van der Waals surface area contributed by atoms with E-state index in [2.05, 4.69) is 42.7 Å². The molecule has 0 amide bonds. The zero-order valence-corrected chi connectivity index (χ0v) is 10.5. The van der Waals surface area contributed by atoms with Gasteiger partial charge in [0.05, 0.1) is 0 Å². The summed E-state index contributed by atoms with van der Waals surface area (Å²) in [7, 11) is 0. The fourth-order valence-corrected chi connectivity index (χ4v) is 1.83. The molecule has 0 aromatic carbocycles. The third-order valence-electron chi connectivity index (χ3n) is 3.06. The molecule has 2 aromatic rings. The van der Waals surface area contributed by atoms with Gasteiger partial charge in [-0.25, -0.2) is 10.8 Å². The van der Waals surface area contributed by atoms with Crippen molar-refractivity contribution in [3.05, 3.63) is 12.7 Å². The van der Waals surface area contributed by atoms with Gasteiger partial charge in [-0.05, 0) is 25.7 Å². The summed E-state index contributed by atoms with van der Waals surface area (Å²) in [6.45, 7) is 2.12. The zero-order chi connectivity index (χ0) is 13.2. The van der Waals surface area contributed by atoms with Gasteiger partial charge in [-0.1, -0.05) is 0 Å². The molecule has 100 valence electrons. The number of rotatable bonds is 5. The summed E-state index contributed by atoms with van der Waals surface area (Å²) in [4.78, 5) is 16.5. The lowest BCUT2D eigenvalue weighted by atomic mass is 10.2. The average molecular weight is 261 g/mol. The SMILES string of the molecule is CC(Nc1nc(NN)nc(-n2cncn2)n1)C1CC1. The number of anilines is 2. The number of nitrogens with one attached hydrogen (secondary N) is 2. The van der Waals surface area contributed by atoms with E-state index in [1.165, 1.54) is 30.2 Å². The van der Waals surface area contributed by atoms with E-state index in [1.807, 2.05) is 0 Å². The number of hydrogen-bond donors (Lipinski definition) is 3. The molecule has 3 rings (SSSR count). The highest BCUT2D eigenvalue weighted by Gasteiger charge is 2.28. The average Bonchev–Trinajstić information content (AvgIpc) is 3.13. The van der Waals surface area contributed by atoms with Gasteiger partial charge in [0.2, 0.25) is 11.9 Å². The van der Waals surface area contributed by atoms with Gasteiger partial charge >= 0.3 is 0 Å². The normalized spacial score (nSPS) is 16.1. The molecule has 9 nitrogen and oxygen atoms in total. The van der Waals surface area contributed by atoms with Gasteiger partial charge in [-0.2, -0.15) is 24.7 Å². The van der Waals surface area contributed by atoms with Crippen LogP contribution < -0.4 is 16.6 Å². The Hall–Kier alpha value is -2.29. The second-order valence-electron chi connectivity index (χ2n) is 4.54. The van der Waals surface area contributed by atoms with E-state index >= 15 is 0 Å². The monoisotopic (exact) mass is 261 g/mol. The minimum atomic E-state index is 0.283. The number of hydrazine groups is 1. The zero-order valence-electron chi connectivity index (χ0n) is 10.5. The Bertz CT molecular complexity index is 548. The summed E-state index contributed by atoms with van der Waals surface area (Å²) in [6, 6.07) is 0.330. The van der Waals surface area contributed by atoms with Crippen LogP contribution in [0.5, 0.6) is 0 Å². The molecule has 1 aliphatic carbocycles. The molecule has 0 bridgehead atoms. The van der Waals surface area contributed by atoms with Crippen LogP contribution in [0.15, 0.2) is 12.7 Å². The highest BCUT2D eigenvalue weighted by atomic mass is 15.4. The first-order valence-corrected chi connectivity index (χ1v) is 6.10. The third kappa shape index (κ3) is 2.60. The van der Waals surface area contributed by atoms with Crippen molar-refractivity contribution in [1.82, 2.24) is 29.7 Å². The predicted molar refractivity (Wildman–Crippen MR) is 68.4 cm³/mol. The summed E-state index contributed by atoms with van der Waals surface area (Å²) in [6.07, 6.45) is 5.43. The maximum atomic E-state index is 5.37. The van der Waals surface area contributed by atoms with Crippen molar-refractivity contribution < 1.29 is 0 Å². The van der Waals surface area contributed by atoms with Gasteiger partial charge in [0.15, 0.2) is 0 Å². The van der Waals surface area contributed by atoms with Gasteiger partial charge in [-0.15, -0.1) is 0 Å². The maximum absolute atomic E-state index is 5.37. The minimum Gasteiger partial charge on any atom is -0.351 e. The van der Waals surface area contributed by atoms with Crippen LogP contribution in [0, 0.1) is 5.92 Å². The van der Waals surface area contributed by atoms with Crippen molar-refractivity contribution in [2.75, 3.05) is 10.7 Å². The number of hydrogen-bond acceptors (Lipinski definition) is 8.